The summed E-state index contributed by atoms with van der Waals surface area (Å²) in [5.41, 5.74) is 5.68. The summed E-state index contributed by atoms with van der Waals surface area (Å²) in [6.07, 6.45) is 0. The molecule has 206 valence electrons. The quantitative estimate of drug-likeness (QED) is 0.127. The van der Waals surface area contributed by atoms with Crippen molar-refractivity contribution in [2.24, 2.45) is 0 Å². The lowest BCUT2D eigenvalue weighted by Crippen LogP contribution is -2.07. The van der Waals surface area contributed by atoms with Gasteiger partial charge in [-0.3, -0.25) is 18.7 Å². The van der Waals surface area contributed by atoms with Gasteiger partial charge in [-0.05, 0) is 47.9 Å². The number of carbonyl (C=O) groups is 2. The van der Waals surface area contributed by atoms with Gasteiger partial charge in [-0.2, -0.15) is 0 Å². The Labute approximate surface area is 271 Å². The van der Waals surface area contributed by atoms with Crippen molar-refractivity contribution < 1.29 is 9.59 Å². The molecule has 0 spiro atoms. The van der Waals surface area contributed by atoms with Crippen LogP contribution in [0.1, 0.15) is 26.3 Å². The smallest absolute Gasteiger partial charge is 0.266 e. The van der Waals surface area contributed by atoms with Crippen LogP contribution in [0, 0.1) is 6.92 Å². The Balaban J connectivity index is 1.27. The molecule has 0 saturated heterocycles. The Morgan fingerprint density at radius 1 is 0.524 bits per heavy atom. The predicted octanol–water partition coefficient (Wildman–Crippen LogP) is 10.3. The van der Waals surface area contributed by atoms with E-state index in [9.17, 15) is 9.59 Å². The number of imidazole rings is 2. The van der Waals surface area contributed by atoms with Gasteiger partial charge in [0.25, 0.3) is 11.8 Å². The summed E-state index contributed by atoms with van der Waals surface area (Å²) in [6, 6.07) is 11.1. The van der Waals surface area contributed by atoms with Gasteiger partial charge in [-0.25, -0.2) is 9.97 Å². The molecular formula is C29H9Cl7N4O2. The van der Waals surface area contributed by atoms with Crippen molar-refractivity contribution in [1.29, 1.82) is 0 Å². The minimum Gasteiger partial charge on any atom is -0.268 e. The van der Waals surface area contributed by atoms with Gasteiger partial charge < -0.3 is 0 Å². The van der Waals surface area contributed by atoms with Crippen molar-refractivity contribution in [2.75, 3.05) is 0 Å². The number of aromatic nitrogens is 4. The largest absolute Gasteiger partial charge is 0.268 e. The number of rotatable bonds is 1. The van der Waals surface area contributed by atoms with Crippen LogP contribution < -0.4 is 0 Å². The number of fused-ring (bicyclic) bond motifs is 10. The van der Waals surface area contributed by atoms with E-state index in [0.717, 1.165) is 11.1 Å². The van der Waals surface area contributed by atoms with Crippen LogP contribution in [0.3, 0.4) is 0 Å². The number of halogens is 7. The molecule has 0 bridgehead atoms. The zero-order valence-corrected chi connectivity index (χ0v) is 26.0. The third kappa shape index (κ3) is 3.21. The number of benzene rings is 4. The molecule has 8 rings (SSSR count). The molecule has 4 heterocycles. The number of carbonyl (C=O) groups excluding carboxylic acids is 2. The Morgan fingerprint density at radius 2 is 0.929 bits per heavy atom. The summed E-state index contributed by atoms with van der Waals surface area (Å²) in [6.45, 7) is 1.71. The highest BCUT2D eigenvalue weighted by Crippen LogP contribution is 2.50. The maximum absolute atomic E-state index is 13.4. The molecule has 0 saturated carbocycles. The van der Waals surface area contributed by atoms with E-state index < -0.39 is 5.91 Å². The lowest BCUT2D eigenvalue weighted by molar-refractivity contribution is 0.0965. The van der Waals surface area contributed by atoms with E-state index in [1.165, 1.54) is 9.13 Å². The van der Waals surface area contributed by atoms with Gasteiger partial charge in [0.1, 0.15) is 0 Å². The standard InChI is InChI=1S/C29H9Cl7N4O2/c1-8-19(30)17-15(21(32)20(8)31)26-37-11-6-9(2-4-13(11)39(26)28(17)41)10-3-5-14-12(7-10)38-27-16-18(29(42)40(14)27)23(34)25(36)24(35)22(16)33/h2-7H,1H3. The molecular weight excluding hydrogens is 685 g/mol. The summed E-state index contributed by atoms with van der Waals surface area (Å²) < 4.78 is 2.94. The van der Waals surface area contributed by atoms with E-state index in [2.05, 4.69) is 0 Å². The molecule has 6 aromatic rings. The van der Waals surface area contributed by atoms with Crippen LogP contribution in [0.15, 0.2) is 36.4 Å². The normalized spacial score (nSPS) is 13.3. The predicted molar refractivity (Wildman–Crippen MR) is 169 cm³/mol. The van der Waals surface area contributed by atoms with Gasteiger partial charge >= 0.3 is 0 Å². The molecule has 0 amide bonds. The molecule has 0 fully saturated rings. The van der Waals surface area contributed by atoms with Gasteiger partial charge in [-0.15, -0.1) is 0 Å². The van der Waals surface area contributed by atoms with Crippen molar-refractivity contribution in [3.63, 3.8) is 0 Å². The maximum Gasteiger partial charge on any atom is 0.266 e. The van der Waals surface area contributed by atoms with E-state index in [4.69, 9.17) is 91.2 Å². The molecule has 4 aromatic carbocycles. The van der Waals surface area contributed by atoms with Gasteiger partial charge in [0, 0.05) is 0 Å². The first-order chi connectivity index (χ1) is 20.0. The molecule has 13 heteroatoms. The maximum atomic E-state index is 13.4. The molecule has 0 unspecified atom stereocenters. The van der Waals surface area contributed by atoms with Crippen LogP contribution in [0.4, 0.5) is 0 Å². The summed E-state index contributed by atoms with van der Waals surface area (Å²) in [4.78, 5) is 36.3. The van der Waals surface area contributed by atoms with Crippen LogP contribution in [0.25, 0.3) is 56.0 Å². The average Bonchev–Trinajstić information content (AvgIpc) is 3.69. The minimum atomic E-state index is -0.395. The number of hydrogen-bond donors (Lipinski definition) is 0. The second-order valence-electron chi connectivity index (χ2n) is 9.88. The second kappa shape index (κ2) is 8.87. The zero-order valence-electron chi connectivity index (χ0n) is 20.7. The van der Waals surface area contributed by atoms with Crippen molar-refractivity contribution >= 4 is 115 Å². The molecule has 2 aliphatic rings. The molecule has 0 aliphatic carbocycles. The summed E-state index contributed by atoms with van der Waals surface area (Å²) >= 11 is 44.8. The third-order valence-corrected chi connectivity index (χ3v) is 11.0. The van der Waals surface area contributed by atoms with E-state index in [-0.39, 0.29) is 52.2 Å². The molecule has 0 atom stereocenters. The molecule has 6 nitrogen and oxygen atoms in total. The topological polar surface area (TPSA) is 69.8 Å². The van der Waals surface area contributed by atoms with Gasteiger partial charge in [0.05, 0.1) is 79.5 Å². The van der Waals surface area contributed by atoms with Crippen molar-refractivity contribution in [3.8, 4) is 33.9 Å². The summed E-state index contributed by atoms with van der Waals surface area (Å²) in [5.74, 6) is -0.00624. The molecule has 2 aromatic heterocycles. The monoisotopic (exact) mass is 690 g/mol. The first-order valence-corrected chi connectivity index (χ1v) is 14.8. The minimum absolute atomic E-state index is 0.0159. The van der Waals surface area contributed by atoms with Crippen molar-refractivity contribution in [2.45, 2.75) is 6.92 Å². The van der Waals surface area contributed by atoms with Gasteiger partial charge in [0.2, 0.25) is 0 Å². The third-order valence-electron chi connectivity index (χ3n) is 7.73. The fourth-order valence-corrected chi connectivity index (χ4v) is 7.57. The molecule has 0 radical (unpaired) electrons. The molecule has 0 N–H and O–H groups in total. The number of nitrogens with zero attached hydrogens (tertiary/aromatic N) is 4. The van der Waals surface area contributed by atoms with Crippen LogP contribution >= 0.6 is 81.2 Å². The Kier molecular flexibility index (Phi) is 5.65. The highest BCUT2D eigenvalue weighted by molar-refractivity contribution is 6.54. The fourth-order valence-electron chi connectivity index (χ4n) is 5.72. The first kappa shape index (κ1) is 26.8. The van der Waals surface area contributed by atoms with Crippen molar-refractivity contribution in [1.82, 2.24) is 19.1 Å². The Hall–Kier alpha value is -2.81. The van der Waals surface area contributed by atoms with E-state index >= 15 is 0 Å². The zero-order chi connectivity index (χ0) is 29.5. The summed E-state index contributed by atoms with van der Waals surface area (Å²) in [5, 5.41) is 0.982. The van der Waals surface area contributed by atoms with Gasteiger partial charge in [0.15, 0.2) is 11.6 Å². The Bertz CT molecular complexity index is 2170. The van der Waals surface area contributed by atoms with E-state index in [1.54, 1.807) is 13.0 Å². The van der Waals surface area contributed by atoms with Gasteiger partial charge in [-0.1, -0.05) is 93.3 Å². The number of hydrogen-bond acceptors (Lipinski definition) is 4. The lowest BCUT2D eigenvalue weighted by atomic mass is 10.0. The Morgan fingerprint density at radius 3 is 1.40 bits per heavy atom. The highest BCUT2D eigenvalue weighted by Gasteiger charge is 2.38. The highest BCUT2D eigenvalue weighted by atomic mass is 35.5. The second-order valence-corrected chi connectivity index (χ2v) is 12.5. The van der Waals surface area contributed by atoms with Crippen LogP contribution in [-0.4, -0.2) is 30.9 Å². The van der Waals surface area contributed by atoms with Crippen molar-refractivity contribution in [3.05, 3.63) is 88.2 Å². The lowest BCUT2D eigenvalue weighted by Gasteiger charge is -2.09. The van der Waals surface area contributed by atoms with E-state index in [1.807, 2.05) is 30.3 Å². The van der Waals surface area contributed by atoms with Crippen LogP contribution in [-0.2, 0) is 0 Å². The van der Waals surface area contributed by atoms with E-state index in [0.29, 0.717) is 50.4 Å². The summed E-state index contributed by atoms with van der Waals surface area (Å²) in [7, 11) is 0. The average molecular weight is 694 g/mol. The van der Waals surface area contributed by atoms with Crippen LogP contribution in [0.2, 0.25) is 35.2 Å². The SMILES string of the molecule is Cc1c(Cl)c(Cl)c2c(c1Cl)C(=O)n1c-2nc2cc(-c3ccc4c(c3)nc3n4C(=O)c4c(Cl)c(Cl)c(Cl)c(Cl)c4-3)ccc21. The molecule has 2 aliphatic heterocycles. The molecule has 42 heavy (non-hydrogen) atoms. The van der Waals surface area contributed by atoms with Crippen LogP contribution in [0.5, 0.6) is 0 Å². The first-order valence-electron chi connectivity index (χ1n) is 12.2. The fraction of sp³-hybridized carbons (Fsp3) is 0.0345.